The highest BCUT2D eigenvalue weighted by Gasteiger charge is 1.98. The van der Waals surface area contributed by atoms with E-state index in [1.54, 1.807) is 0 Å². The van der Waals surface area contributed by atoms with Gasteiger partial charge in [0.2, 0.25) is 5.91 Å². The SMILES string of the molecule is C/C=C\C=C(/C)CCC(=O)NCC. The molecule has 0 aliphatic rings. The minimum absolute atomic E-state index is 0.135. The molecule has 0 unspecified atom stereocenters. The molecule has 0 aromatic heterocycles. The number of hydrogen-bond donors (Lipinski definition) is 1. The van der Waals surface area contributed by atoms with E-state index in [4.69, 9.17) is 0 Å². The number of nitrogens with one attached hydrogen (secondary N) is 1. The van der Waals surface area contributed by atoms with Crippen LogP contribution in [0, 0.1) is 0 Å². The maximum atomic E-state index is 11.1. The van der Waals surface area contributed by atoms with Crippen LogP contribution in [0.2, 0.25) is 0 Å². The van der Waals surface area contributed by atoms with Gasteiger partial charge in [-0.2, -0.15) is 0 Å². The molecule has 1 amide bonds. The average Bonchev–Trinajstić information content (AvgIpc) is 2.12. The van der Waals surface area contributed by atoms with E-state index in [0.717, 1.165) is 13.0 Å². The highest BCUT2D eigenvalue weighted by molar-refractivity contribution is 5.76. The standard InChI is InChI=1S/C11H19NO/c1-4-6-7-10(3)8-9-11(13)12-5-2/h4,6-7H,5,8-9H2,1-3H3,(H,12,13)/b6-4-,10-7+. The Bertz CT molecular complexity index is 204. The van der Waals surface area contributed by atoms with Crippen molar-refractivity contribution >= 4 is 5.91 Å². The van der Waals surface area contributed by atoms with Crippen LogP contribution in [-0.2, 0) is 4.79 Å². The normalized spacial score (nSPS) is 12.1. The quantitative estimate of drug-likeness (QED) is 0.648. The fraction of sp³-hybridized carbons (Fsp3) is 0.545. The number of allylic oxidation sites excluding steroid dienone is 4. The Labute approximate surface area is 80.7 Å². The van der Waals surface area contributed by atoms with Gasteiger partial charge in [0.1, 0.15) is 0 Å². The lowest BCUT2D eigenvalue weighted by atomic mass is 10.1. The first kappa shape index (κ1) is 11.9. The second-order valence-electron chi connectivity index (χ2n) is 2.99. The Kier molecular flexibility index (Phi) is 6.98. The lowest BCUT2D eigenvalue weighted by molar-refractivity contribution is -0.120. The number of rotatable bonds is 5. The van der Waals surface area contributed by atoms with E-state index in [-0.39, 0.29) is 5.91 Å². The Morgan fingerprint density at radius 1 is 1.38 bits per heavy atom. The lowest BCUT2D eigenvalue weighted by Gasteiger charge is -2.01. The van der Waals surface area contributed by atoms with Gasteiger partial charge < -0.3 is 5.32 Å². The molecule has 0 aliphatic carbocycles. The molecule has 0 atom stereocenters. The van der Waals surface area contributed by atoms with Crippen molar-refractivity contribution in [3.63, 3.8) is 0 Å². The van der Waals surface area contributed by atoms with Crippen molar-refractivity contribution in [2.24, 2.45) is 0 Å². The Hall–Kier alpha value is -1.05. The van der Waals surface area contributed by atoms with E-state index in [2.05, 4.69) is 5.32 Å². The molecule has 1 N–H and O–H groups in total. The zero-order valence-corrected chi connectivity index (χ0v) is 8.76. The minimum Gasteiger partial charge on any atom is -0.356 e. The van der Waals surface area contributed by atoms with E-state index < -0.39 is 0 Å². The summed E-state index contributed by atoms with van der Waals surface area (Å²) in [4.78, 5) is 11.1. The van der Waals surface area contributed by atoms with Crippen LogP contribution in [0.25, 0.3) is 0 Å². The van der Waals surface area contributed by atoms with Crippen molar-refractivity contribution in [2.75, 3.05) is 6.54 Å². The zero-order chi connectivity index (χ0) is 10.1. The lowest BCUT2D eigenvalue weighted by Crippen LogP contribution is -2.22. The van der Waals surface area contributed by atoms with Crippen LogP contribution in [0.3, 0.4) is 0 Å². The van der Waals surface area contributed by atoms with Crippen molar-refractivity contribution in [1.29, 1.82) is 0 Å². The van der Waals surface area contributed by atoms with Gasteiger partial charge in [-0.1, -0.05) is 23.8 Å². The topological polar surface area (TPSA) is 29.1 Å². The third-order valence-corrected chi connectivity index (χ3v) is 1.69. The first-order valence-electron chi connectivity index (χ1n) is 4.75. The molecule has 0 saturated carbocycles. The van der Waals surface area contributed by atoms with Gasteiger partial charge in [0, 0.05) is 13.0 Å². The second kappa shape index (κ2) is 7.59. The molecule has 0 heterocycles. The molecule has 0 saturated heterocycles. The molecule has 0 aromatic rings. The predicted molar refractivity (Wildman–Crippen MR) is 56.5 cm³/mol. The molecule has 0 radical (unpaired) electrons. The van der Waals surface area contributed by atoms with Crippen molar-refractivity contribution in [3.8, 4) is 0 Å². The molecular formula is C11H19NO. The molecule has 0 fully saturated rings. The number of carbonyl (C=O) groups excluding carboxylic acids is 1. The van der Waals surface area contributed by atoms with Crippen LogP contribution in [0.4, 0.5) is 0 Å². The van der Waals surface area contributed by atoms with Crippen LogP contribution >= 0.6 is 0 Å². The van der Waals surface area contributed by atoms with E-state index >= 15 is 0 Å². The summed E-state index contributed by atoms with van der Waals surface area (Å²) >= 11 is 0. The molecule has 2 nitrogen and oxygen atoms in total. The van der Waals surface area contributed by atoms with E-state index in [1.165, 1.54) is 5.57 Å². The summed E-state index contributed by atoms with van der Waals surface area (Å²) in [6.07, 6.45) is 7.45. The maximum absolute atomic E-state index is 11.1. The molecule has 0 aliphatic heterocycles. The van der Waals surface area contributed by atoms with Crippen molar-refractivity contribution in [2.45, 2.75) is 33.6 Å². The first-order chi connectivity index (χ1) is 6.20. The highest BCUT2D eigenvalue weighted by atomic mass is 16.1. The van der Waals surface area contributed by atoms with Crippen molar-refractivity contribution < 1.29 is 4.79 Å². The Balaban J connectivity index is 3.69. The monoisotopic (exact) mass is 181 g/mol. The second-order valence-corrected chi connectivity index (χ2v) is 2.99. The van der Waals surface area contributed by atoms with Crippen molar-refractivity contribution in [3.05, 3.63) is 23.8 Å². The van der Waals surface area contributed by atoms with E-state index in [0.29, 0.717) is 6.42 Å². The average molecular weight is 181 g/mol. The van der Waals surface area contributed by atoms with Gasteiger partial charge in [-0.3, -0.25) is 4.79 Å². The third-order valence-electron chi connectivity index (χ3n) is 1.69. The molecule has 74 valence electrons. The minimum atomic E-state index is 0.135. The van der Waals surface area contributed by atoms with Crippen LogP contribution in [0.1, 0.15) is 33.6 Å². The number of carbonyl (C=O) groups is 1. The molecular weight excluding hydrogens is 162 g/mol. The molecule has 0 rings (SSSR count). The molecule has 0 bridgehead atoms. The van der Waals surface area contributed by atoms with Gasteiger partial charge in [0.05, 0.1) is 0 Å². The fourth-order valence-corrected chi connectivity index (χ4v) is 0.940. The van der Waals surface area contributed by atoms with Gasteiger partial charge >= 0.3 is 0 Å². The first-order valence-corrected chi connectivity index (χ1v) is 4.75. The van der Waals surface area contributed by atoms with Gasteiger partial charge in [-0.25, -0.2) is 0 Å². The third kappa shape index (κ3) is 7.32. The summed E-state index contributed by atoms with van der Waals surface area (Å²) in [5.41, 5.74) is 1.24. The number of hydrogen-bond acceptors (Lipinski definition) is 1. The predicted octanol–water partition coefficient (Wildman–Crippen LogP) is 2.43. The Morgan fingerprint density at radius 3 is 2.62 bits per heavy atom. The highest BCUT2D eigenvalue weighted by Crippen LogP contribution is 2.03. The molecule has 2 heteroatoms. The maximum Gasteiger partial charge on any atom is 0.220 e. The number of amides is 1. The summed E-state index contributed by atoms with van der Waals surface area (Å²) in [5, 5.41) is 2.77. The van der Waals surface area contributed by atoms with Crippen LogP contribution in [0.15, 0.2) is 23.8 Å². The van der Waals surface area contributed by atoms with Gasteiger partial charge in [0.15, 0.2) is 0 Å². The van der Waals surface area contributed by atoms with Crippen LogP contribution < -0.4 is 5.32 Å². The van der Waals surface area contributed by atoms with Gasteiger partial charge in [-0.05, 0) is 27.2 Å². The summed E-state index contributed by atoms with van der Waals surface area (Å²) in [5.74, 6) is 0.135. The summed E-state index contributed by atoms with van der Waals surface area (Å²) in [7, 11) is 0. The van der Waals surface area contributed by atoms with Crippen LogP contribution in [-0.4, -0.2) is 12.5 Å². The van der Waals surface area contributed by atoms with Gasteiger partial charge in [0.25, 0.3) is 0 Å². The molecule has 13 heavy (non-hydrogen) atoms. The van der Waals surface area contributed by atoms with E-state index in [1.807, 2.05) is 39.0 Å². The van der Waals surface area contributed by atoms with Gasteiger partial charge in [-0.15, -0.1) is 0 Å². The summed E-state index contributed by atoms with van der Waals surface area (Å²) in [6.45, 7) is 6.67. The fourth-order valence-electron chi connectivity index (χ4n) is 0.940. The largest absolute Gasteiger partial charge is 0.356 e. The summed E-state index contributed by atoms with van der Waals surface area (Å²) in [6, 6.07) is 0. The molecule has 0 spiro atoms. The van der Waals surface area contributed by atoms with Crippen molar-refractivity contribution in [1.82, 2.24) is 5.32 Å². The summed E-state index contributed by atoms with van der Waals surface area (Å²) < 4.78 is 0. The van der Waals surface area contributed by atoms with E-state index in [9.17, 15) is 4.79 Å². The van der Waals surface area contributed by atoms with Crippen LogP contribution in [0.5, 0.6) is 0 Å². The molecule has 0 aromatic carbocycles. The zero-order valence-electron chi connectivity index (χ0n) is 8.76. The Morgan fingerprint density at radius 2 is 2.08 bits per heavy atom. The smallest absolute Gasteiger partial charge is 0.220 e.